The van der Waals surface area contributed by atoms with Crippen molar-refractivity contribution in [2.75, 3.05) is 5.32 Å². The predicted molar refractivity (Wildman–Crippen MR) is 122 cm³/mol. The van der Waals surface area contributed by atoms with Crippen LogP contribution in [0.1, 0.15) is 17.0 Å². The molecule has 0 saturated heterocycles. The average Bonchev–Trinajstić information content (AvgIpc) is 3.44. The third-order valence-electron chi connectivity index (χ3n) is 5.05. The first-order chi connectivity index (χ1) is 14.8. The number of rotatable bonds is 5. The summed E-state index contributed by atoms with van der Waals surface area (Å²) >= 11 is 1.61. The van der Waals surface area contributed by atoms with E-state index in [1.165, 1.54) is 0 Å². The van der Waals surface area contributed by atoms with E-state index in [0.29, 0.717) is 5.82 Å². The van der Waals surface area contributed by atoms with Gasteiger partial charge in [0.1, 0.15) is 17.2 Å². The molecule has 5 heteroatoms. The highest BCUT2D eigenvalue weighted by Crippen LogP contribution is 2.33. The summed E-state index contributed by atoms with van der Waals surface area (Å²) in [5, 5.41) is 5.20. The molecule has 1 N–H and O–H groups in total. The highest BCUT2D eigenvalue weighted by atomic mass is 32.1. The summed E-state index contributed by atoms with van der Waals surface area (Å²) in [6.07, 6.45) is 1.93. The zero-order chi connectivity index (χ0) is 20.3. The van der Waals surface area contributed by atoms with Gasteiger partial charge in [0.25, 0.3) is 0 Å². The van der Waals surface area contributed by atoms with Gasteiger partial charge in [0, 0.05) is 6.20 Å². The van der Waals surface area contributed by atoms with Crippen LogP contribution in [0.15, 0.2) is 103 Å². The molecule has 5 rings (SSSR count). The molecule has 5 aromatic rings. The molecule has 0 bridgehead atoms. The molecule has 3 heterocycles. The van der Waals surface area contributed by atoms with Crippen LogP contribution >= 0.6 is 11.3 Å². The summed E-state index contributed by atoms with van der Waals surface area (Å²) in [6.45, 7) is 0. The molecular weight excluding hydrogens is 390 g/mol. The van der Waals surface area contributed by atoms with Gasteiger partial charge in [-0.05, 0) is 34.7 Å². The van der Waals surface area contributed by atoms with Gasteiger partial charge in [0.05, 0.1) is 10.8 Å². The number of imidazole rings is 1. The van der Waals surface area contributed by atoms with E-state index in [1.807, 2.05) is 107 Å². The SMILES string of the molecule is O=C(Nc1c(-c2cccs2)nc2ccccn12)C(c1ccccc1)c1ccccc1. The minimum absolute atomic E-state index is 0.0872. The number of nitrogens with zero attached hydrogens (tertiary/aromatic N) is 2. The van der Waals surface area contributed by atoms with Gasteiger partial charge < -0.3 is 5.32 Å². The molecule has 1 amide bonds. The first-order valence-corrected chi connectivity index (χ1v) is 10.6. The molecule has 2 aromatic carbocycles. The third-order valence-corrected chi connectivity index (χ3v) is 5.93. The maximum atomic E-state index is 13.6. The lowest BCUT2D eigenvalue weighted by molar-refractivity contribution is -0.116. The molecule has 3 aromatic heterocycles. The Morgan fingerprint density at radius 2 is 1.50 bits per heavy atom. The number of aromatic nitrogens is 2. The fourth-order valence-corrected chi connectivity index (χ4v) is 4.39. The molecule has 0 unspecified atom stereocenters. The van der Waals surface area contributed by atoms with Crippen molar-refractivity contribution in [1.29, 1.82) is 0 Å². The van der Waals surface area contributed by atoms with Crippen molar-refractivity contribution in [3.05, 3.63) is 114 Å². The fraction of sp³-hybridized carbons (Fsp3) is 0.0400. The van der Waals surface area contributed by atoms with Crippen LogP contribution in [0.5, 0.6) is 0 Å². The second kappa shape index (κ2) is 7.97. The van der Waals surface area contributed by atoms with E-state index in [4.69, 9.17) is 4.98 Å². The Morgan fingerprint density at radius 3 is 2.13 bits per heavy atom. The quantitative estimate of drug-likeness (QED) is 0.397. The van der Waals surface area contributed by atoms with Crippen LogP contribution in [0.25, 0.3) is 16.2 Å². The van der Waals surface area contributed by atoms with Crippen molar-refractivity contribution < 1.29 is 4.79 Å². The minimum Gasteiger partial charge on any atom is -0.309 e. The van der Waals surface area contributed by atoms with Crippen LogP contribution in [0.4, 0.5) is 5.82 Å². The van der Waals surface area contributed by atoms with Crippen LogP contribution in [0.2, 0.25) is 0 Å². The number of hydrogen-bond donors (Lipinski definition) is 1. The minimum atomic E-state index is -0.419. The number of fused-ring (bicyclic) bond motifs is 1. The van der Waals surface area contributed by atoms with Gasteiger partial charge in [-0.1, -0.05) is 72.8 Å². The number of carbonyl (C=O) groups excluding carboxylic acids is 1. The number of carbonyl (C=O) groups is 1. The number of amides is 1. The summed E-state index contributed by atoms with van der Waals surface area (Å²) < 4.78 is 1.93. The van der Waals surface area contributed by atoms with E-state index >= 15 is 0 Å². The van der Waals surface area contributed by atoms with Crippen LogP contribution in [0.3, 0.4) is 0 Å². The van der Waals surface area contributed by atoms with E-state index in [-0.39, 0.29) is 5.91 Å². The van der Waals surface area contributed by atoms with Crippen LogP contribution in [-0.4, -0.2) is 15.3 Å². The molecule has 0 aliphatic carbocycles. The smallest absolute Gasteiger partial charge is 0.237 e. The van der Waals surface area contributed by atoms with Gasteiger partial charge in [-0.15, -0.1) is 11.3 Å². The molecule has 30 heavy (non-hydrogen) atoms. The summed E-state index contributed by atoms with van der Waals surface area (Å²) in [5.41, 5.74) is 3.48. The molecule has 146 valence electrons. The Hall–Kier alpha value is -3.70. The molecule has 0 aliphatic rings. The maximum Gasteiger partial charge on any atom is 0.237 e. The van der Waals surface area contributed by atoms with E-state index < -0.39 is 5.92 Å². The summed E-state index contributed by atoms with van der Waals surface area (Å²) in [4.78, 5) is 19.4. The van der Waals surface area contributed by atoms with Crippen molar-refractivity contribution in [3.63, 3.8) is 0 Å². The lowest BCUT2D eigenvalue weighted by Gasteiger charge is -2.18. The topological polar surface area (TPSA) is 46.4 Å². The average molecular weight is 410 g/mol. The number of hydrogen-bond acceptors (Lipinski definition) is 3. The molecule has 0 saturated carbocycles. The van der Waals surface area contributed by atoms with Gasteiger partial charge in [-0.25, -0.2) is 4.98 Å². The van der Waals surface area contributed by atoms with Gasteiger partial charge in [0.2, 0.25) is 5.91 Å². The van der Waals surface area contributed by atoms with E-state index in [2.05, 4.69) is 5.32 Å². The van der Waals surface area contributed by atoms with Gasteiger partial charge in [-0.2, -0.15) is 0 Å². The van der Waals surface area contributed by atoms with Crippen molar-refractivity contribution in [2.45, 2.75) is 5.92 Å². The Labute approximate surface area is 178 Å². The lowest BCUT2D eigenvalue weighted by atomic mass is 9.90. The second-order valence-electron chi connectivity index (χ2n) is 6.96. The zero-order valence-electron chi connectivity index (χ0n) is 16.1. The number of nitrogens with one attached hydrogen (secondary N) is 1. The Balaban J connectivity index is 1.60. The van der Waals surface area contributed by atoms with Crippen molar-refractivity contribution in [1.82, 2.24) is 9.38 Å². The third kappa shape index (κ3) is 3.40. The Morgan fingerprint density at radius 1 is 0.833 bits per heavy atom. The number of benzene rings is 2. The first kappa shape index (κ1) is 18.3. The highest BCUT2D eigenvalue weighted by molar-refractivity contribution is 7.13. The molecule has 4 nitrogen and oxygen atoms in total. The summed E-state index contributed by atoms with van der Waals surface area (Å²) in [7, 11) is 0. The van der Waals surface area contributed by atoms with Crippen LogP contribution in [-0.2, 0) is 4.79 Å². The molecule has 0 fully saturated rings. The standard InChI is InChI=1S/C25H19N3OS/c29-25(22(18-10-3-1-4-11-18)19-12-5-2-6-13-19)27-24-23(20-14-9-17-30-20)26-21-15-7-8-16-28(21)24/h1-17,22H,(H,27,29). The zero-order valence-corrected chi connectivity index (χ0v) is 16.9. The van der Waals surface area contributed by atoms with Crippen LogP contribution in [0, 0.1) is 0 Å². The van der Waals surface area contributed by atoms with Gasteiger partial charge >= 0.3 is 0 Å². The summed E-state index contributed by atoms with van der Waals surface area (Å²) in [5.74, 6) is 0.184. The first-order valence-electron chi connectivity index (χ1n) is 9.73. The van der Waals surface area contributed by atoms with E-state index in [0.717, 1.165) is 27.3 Å². The van der Waals surface area contributed by atoms with Crippen LogP contribution < -0.4 is 5.32 Å². The highest BCUT2D eigenvalue weighted by Gasteiger charge is 2.25. The van der Waals surface area contributed by atoms with Gasteiger partial charge in [-0.3, -0.25) is 9.20 Å². The normalized spacial score (nSPS) is 11.1. The second-order valence-corrected chi connectivity index (χ2v) is 7.91. The molecule has 0 aliphatic heterocycles. The fourth-order valence-electron chi connectivity index (χ4n) is 3.68. The number of pyridine rings is 1. The van der Waals surface area contributed by atoms with Crippen molar-refractivity contribution in [3.8, 4) is 10.6 Å². The lowest BCUT2D eigenvalue weighted by Crippen LogP contribution is -2.23. The van der Waals surface area contributed by atoms with E-state index in [9.17, 15) is 4.79 Å². The van der Waals surface area contributed by atoms with Gasteiger partial charge in [0.15, 0.2) is 0 Å². The van der Waals surface area contributed by atoms with Crippen molar-refractivity contribution >= 4 is 28.7 Å². The monoisotopic (exact) mass is 409 g/mol. The molecule has 0 spiro atoms. The molecule has 0 radical (unpaired) electrons. The van der Waals surface area contributed by atoms with Crippen molar-refractivity contribution in [2.24, 2.45) is 0 Å². The molecular formula is C25H19N3OS. The maximum absolute atomic E-state index is 13.6. The van der Waals surface area contributed by atoms with E-state index in [1.54, 1.807) is 11.3 Å². The summed E-state index contributed by atoms with van der Waals surface area (Å²) in [6, 6.07) is 29.6. The number of anilines is 1. The predicted octanol–water partition coefficient (Wildman–Crippen LogP) is 5.83. The largest absolute Gasteiger partial charge is 0.309 e. The Kier molecular flexibility index (Phi) is 4.87. The number of thiophene rings is 1. The molecule has 0 atom stereocenters. The Bertz CT molecular complexity index is 1240.